The molecule has 0 aliphatic carbocycles. The molecular weight excluding hydrogens is 450 g/mol. The molecule has 2 heterocycles. The van der Waals surface area contributed by atoms with E-state index >= 15 is 0 Å². The Kier molecular flexibility index (Phi) is 9.35. The van der Waals surface area contributed by atoms with Crippen molar-refractivity contribution in [1.82, 2.24) is 9.29 Å². The zero-order valence-corrected chi connectivity index (χ0v) is 17.3. The molecule has 1 aromatic heterocycles. The minimum absolute atomic E-state index is 0.0295. The third kappa shape index (κ3) is 8.40. The molecule has 176 valence electrons. The van der Waals surface area contributed by atoms with E-state index in [0.29, 0.717) is 19.2 Å². The lowest BCUT2D eigenvalue weighted by Crippen LogP contribution is -2.45. The van der Waals surface area contributed by atoms with E-state index < -0.39 is 27.8 Å². The molecule has 0 bridgehead atoms. The number of alkyl halides is 3. The molecule has 1 saturated heterocycles. The predicted molar refractivity (Wildman–Crippen MR) is 100 cm³/mol. The monoisotopic (exact) mass is 473 g/mol. The standard InChI is InChI=1S/C15H22FN3O4S.C2HF3O2/c1-15(20)4-6-19(7-5-15)24(21,22)13-2-3-14(18-10-13)23-11-12(8-16)9-17;3-2(4,5)1(6)7/h2-3,8,10,20H,4-7,9,11,17H2,1H3;(H,6,7)/b12-8+;. The number of aliphatic hydroxyl groups is 1. The van der Waals surface area contributed by atoms with Crippen molar-refractivity contribution in [2.75, 3.05) is 26.2 Å². The summed E-state index contributed by atoms with van der Waals surface area (Å²) in [7, 11) is -3.66. The van der Waals surface area contributed by atoms with Crippen LogP contribution in [0, 0.1) is 0 Å². The molecule has 14 heteroatoms. The van der Waals surface area contributed by atoms with Crippen molar-refractivity contribution in [3.05, 3.63) is 30.2 Å². The lowest BCUT2D eigenvalue weighted by Gasteiger charge is -2.34. The molecule has 0 saturated carbocycles. The van der Waals surface area contributed by atoms with Crippen LogP contribution in [0.1, 0.15) is 19.8 Å². The van der Waals surface area contributed by atoms with Crippen LogP contribution < -0.4 is 10.5 Å². The van der Waals surface area contributed by atoms with Crippen LogP contribution in [0.2, 0.25) is 0 Å². The van der Waals surface area contributed by atoms with Crippen molar-refractivity contribution in [3.63, 3.8) is 0 Å². The lowest BCUT2D eigenvalue weighted by molar-refractivity contribution is -0.192. The number of hydrogen-bond donors (Lipinski definition) is 3. The topological polar surface area (TPSA) is 143 Å². The molecule has 1 aliphatic heterocycles. The van der Waals surface area contributed by atoms with Crippen LogP contribution in [0.15, 0.2) is 35.1 Å². The zero-order valence-electron chi connectivity index (χ0n) is 16.5. The van der Waals surface area contributed by atoms with Gasteiger partial charge in [0.1, 0.15) is 11.5 Å². The van der Waals surface area contributed by atoms with Crippen molar-refractivity contribution in [2.24, 2.45) is 5.73 Å². The molecular formula is C17H23F4N3O6S. The molecule has 1 fully saturated rings. The Bertz CT molecular complexity index is 863. The molecule has 0 amide bonds. The second-order valence-corrected chi connectivity index (χ2v) is 8.73. The van der Waals surface area contributed by atoms with Gasteiger partial charge in [-0.3, -0.25) is 0 Å². The fraction of sp³-hybridized carbons (Fsp3) is 0.529. The molecule has 2 rings (SSSR count). The first kappa shape index (κ1) is 26.7. The van der Waals surface area contributed by atoms with Crippen LogP contribution in [0.4, 0.5) is 17.6 Å². The molecule has 0 unspecified atom stereocenters. The first-order valence-electron chi connectivity index (χ1n) is 8.82. The fourth-order valence-corrected chi connectivity index (χ4v) is 3.65. The van der Waals surface area contributed by atoms with Gasteiger partial charge in [0.25, 0.3) is 0 Å². The summed E-state index contributed by atoms with van der Waals surface area (Å²) in [5.74, 6) is -2.57. The van der Waals surface area contributed by atoms with Crippen molar-refractivity contribution >= 4 is 16.0 Å². The van der Waals surface area contributed by atoms with E-state index in [9.17, 15) is 31.1 Å². The Morgan fingerprint density at radius 2 is 1.90 bits per heavy atom. The highest BCUT2D eigenvalue weighted by Crippen LogP contribution is 2.26. The number of sulfonamides is 1. The quantitative estimate of drug-likeness (QED) is 0.527. The summed E-state index contributed by atoms with van der Waals surface area (Å²) in [6.07, 6.45) is -2.72. The number of halogens is 4. The minimum Gasteiger partial charge on any atom is -0.475 e. The van der Waals surface area contributed by atoms with Gasteiger partial charge in [0.2, 0.25) is 15.9 Å². The number of ether oxygens (including phenoxy) is 1. The highest BCUT2D eigenvalue weighted by Gasteiger charge is 2.38. The van der Waals surface area contributed by atoms with Crippen LogP contribution in [0.3, 0.4) is 0 Å². The summed E-state index contributed by atoms with van der Waals surface area (Å²) in [5.41, 5.74) is 4.76. The lowest BCUT2D eigenvalue weighted by atomic mass is 9.95. The SMILES string of the molecule is CC1(O)CCN(S(=O)(=O)c2ccc(OC/C(=C/F)CN)nc2)CC1.O=C(O)C(F)(F)F. The van der Waals surface area contributed by atoms with Crippen molar-refractivity contribution < 1.29 is 45.7 Å². The van der Waals surface area contributed by atoms with Gasteiger partial charge in [-0.2, -0.15) is 17.5 Å². The van der Waals surface area contributed by atoms with Gasteiger partial charge in [0, 0.05) is 31.3 Å². The highest BCUT2D eigenvalue weighted by molar-refractivity contribution is 7.89. The number of nitrogens with two attached hydrogens (primary N) is 1. The van der Waals surface area contributed by atoms with E-state index in [4.69, 9.17) is 20.4 Å². The Morgan fingerprint density at radius 1 is 1.35 bits per heavy atom. The van der Waals surface area contributed by atoms with Gasteiger partial charge in [0.15, 0.2) is 0 Å². The number of pyridine rings is 1. The molecule has 0 atom stereocenters. The van der Waals surface area contributed by atoms with E-state index in [0.717, 1.165) is 0 Å². The average molecular weight is 473 g/mol. The van der Waals surface area contributed by atoms with Crippen LogP contribution in [0.25, 0.3) is 0 Å². The summed E-state index contributed by atoms with van der Waals surface area (Å²) in [6, 6.07) is 2.81. The number of carboxylic acids is 1. The average Bonchev–Trinajstić information content (AvgIpc) is 2.68. The zero-order chi connectivity index (χ0) is 23.9. The van der Waals surface area contributed by atoms with Crippen LogP contribution in [-0.2, 0) is 14.8 Å². The Labute approximate surface area is 176 Å². The van der Waals surface area contributed by atoms with E-state index in [1.54, 1.807) is 6.92 Å². The summed E-state index contributed by atoms with van der Waals surface area (Å²) >= 11 is 0. The minimum atomic E-state index is -5.08. The second kappa shape index (κ2) is 10.8. The largest absolute Gasteiger partial charge is 0.490 e. The maximum atomic E-state index is 12.6. The van der Waals surface area contributed by atoms with Gasteiger partial charge in [0.05, 0.1) is 18.1 Å². The second-order valence-electron chi connectivity index (χ2n) is 6.80. The van der Waals surface area contributed by atoms with Gasteiger partial charge in [-0.25, -0.2) is 22.6 Å². The molecule has 4 N–H and O–H groups in total. The number of aromatic nitrogens is 1. The fourth-order valence-electron chi connectivity index (χ4n) is 2.26. The van der Waals surface area contributed by atoms with Crippen LogP contribution >= 0.6 is 0 Å². The Morgan fingerprint density at radius 3 is 2.29 bits per heavy atom. The third-order valence-electron chi connectivity index (χ3n) is 4.21. The van der Waals surface area contributed by atoms with Crippen molar-refractivity contribution in [3.8, 4) is 5.88 Å². The number of hydrogen-bond acceptors (Lipinski definition) is 7. The van der Waals surface area contributed by atoms with Crippen LogP contribution in [-0.4, -0.2) is 71.9 Å². The van der Waals surface area contributed by atoms with Gasteiger partial charge < -0.3 is 20.7 Å². The number of nitrogens with zero attached hydrogens (tertiary/aromatic N) is 2. The molecule has 1 aliphatic rings. The maximum Gasteiger partial charge on any atom is 0.490 e. The highest BCUT2D eigenvalue weighted by atomic mass is 32.2. The smallest absolute Gasteiger partial charge is 0.475 e. The number of aliphatic carboxylic acids is 1. The number of rotatable bonds is 6. The molecule has 0 radical (unpaired) electrons. The first-order chi connectivity index (χ1) is 14.2. The molecule has 0 aromatic carbocycles. The molecule has 1 aromatic rings. The predicted octanol–water partition coefficient (Wildman–Crippen LogP) is 1.44. The van der Waals surface area contributed by atoms with Crippen molar-refractivity contribution in [2.45, 2.75) is 36.4 Å². The number of carbonyl (C=O) groups is 1. The third-order valence-corrected chi connectivity index (χ3v) is 6.09. The summed E-state index contributed by atoms with van der Waals surface area (Å²) in [5, 5.41) is 17.0. The summed E-state index contributed by atoms with van der Waals surface area (Å²) in [6.45, 7) is 2.20. The maximum absolute atomic E-state index is 12.6. The van der Waals surface area contributed by atoms with Crippen molar-refractivity contribution in [1.29, 1.82) is 0 Å². The summed E-state index contributed by atoms with van der Waals surface area (Å²) < 4.78 is 75.8. The van der Waals surface area contributed by atoms with E-state index in [1.165, 1.54) is 22.6 Å². The molecule has 0 spiro atoms. The van der Waals surface area contributed by atoms with Crippen LogP contribution in [0.5, 0.6) is 5.88 Å². The van der Waals surface area contributed by atoms with Gasteiger partial charge >= 0.3 is 12.1 Å². The van der Waals surface area contributed by atoms with Gasteiger partial charge in [-0.1, -0.05) is 0 Å². The van der Waals surface area contributed by atoms with E-state index in [2.05, 4.69) is 4.98 Å². The normalized spacial score (nSPS) is 17.5. The molecule has 31 heavy (non-hydrogen) atoms. The van der Waals surface area contributed by atoms with Gasteiger partial charge in [-0.05, 0) is 25.8 Å². The van der Waals surface area contributed by atoms with E-state index in [1.807, 2.05) is 0 Å². The van der Waals surface area contributed by atoms with Gasteiger partial charge in [-0.15, -0.1) is 0 Å². The first-order valence-corrected chi connectivity index (χ1v) is 10.3. The molecule has 9 nitrogen and oxygen atoms in total. The Hall–Kier alpha value is -2.29. The number of carboxylic acid groups (broad SMARTS) is 1. The number of piperidine rings is 1. The van der Waals surface area contributed by atoms with E-state index in [-0.39, 0.29) is 42.6 Å². The Balaban J connectivity index is 0.000000592. The summed E-state index contributed by atoms with van der Waals surface area (Å²) in [4.78, 5) is 12.9.